The van der Waals surface area contributed by atoms with Gasteiger partial charge in [0.2, 0.25) is 0 Å². The molecule has 0 aromatic carbocycles. The van der Waals surface area contributed by atoms with Gasteiger partial charge in [0.05, 0.1) is 12.2 Å². The van der Waals surface area contributed by atoms with E-state index in [0.717, 1.165) is 6.42 Å². The second kappa shape index (κ2) is 3.42. The van der Waals surface area contributed by atoms with E-state index < -0.39 is 11.4 Å². The molecule has 4 heteroatoms. The molecule has 1 unspecified atom stereocenters. The molecule has 2 saturated heterocycles. The van der Waals surface area contributed by atoms with Crippen molar-refractivity contribution in [1.29, 1.82) is 0 Å². The van der Waals surface area contributed by atoms with Gasteiger partial charge in [-0.05, 0) is 20.3 Å². The van der Waals surface area contributed by atoms with E-state index in [1.807, 2.05) is 20.8 Å². The van der Waals surface area contributed by atoms with E-state index in [1.165, 1.54) is 0 Å². The quantitative estimate of drug-likeness (QED) is 0.755. The van der Waals surface area contributed by atoms with Crippen LogP contribution in [0.2, 0.25) is 0 Å². The fourth-order valence-corrected chi connectivity index (χ4v) is 2.52. The van der Waals surface area contributed by atoms with Crippen molar-refractivity contribution < 1.29 is 19.3 Å². The Bertz CT molecular complexity index is 247. The molecule has 0 spiro atoms. The van der Waals surface area contributed by atoms with Crippen molar-refractivity contribution in [2.75, 3.05) is 6.61 Å². The summed E-state index contributed by atoms with van der Waals surface area (Å²) >= 11 is 0. The Morgan fingerprint density at radius 3 is 2.33 bits per heavy atom. The summed E-state index contributed by atoms with van der Waals surface area (Å²) in [6.07, 6.45) is 0.374. The van der Waals surface area contributed by atoms with E-state index >= 15 is 0 Å². The molecule has 2 aliphatic heterocycles. The van der Waals surface area contributed by atoms with Crippen molar-refractivity contribution in [2.45, 2.75) is 57.9 Å². The molecule has 1 N–H and O–H groups in total. The molecule has 2 heterocycles. The van der Waals surface area contributed by atoms with Crippen molar-refractivity contribution in [1.82, 2.24) is 0 Å². The van der Waals surface area contributed by atoms with Gasteiger partial charge in [-0.15, -0.1) is 0 Å². The first-order valence-corrected chi connectivity index (χ1v) is 5.58. The molecular weight excluding hydrogens is 196 g/mol. The van der Waals surface area contributed by atoms with Gasteiger partial charge in [0.1, 0.15) is 6.10 Å². The van der Waals surface area contributed by atoms with Gasteiger partial charge in [0.15, 0.2) is 12.1 Å². The monoisotopic (exact) mass is 216 g/mol. The largest absolute Gasteiger partial charge is 0.393 e. The molecule has 0 amide bonds. The van der Waals surface area contributed by atoms with Crippen LogP contribution in [0.3, 0.4) is 0 Å². The molecule has 0 saturated carbocycles. The number of hydrogen-bond donors (Lipinski definition) is 1. The van der Waals surface area contributed by atoms with Crippen LogP contribution >= 0.6 is 0 Å². The SMILES string of the molecule is CC[C@@]1(CO)O[C@H]2OC(C)(C)OC2[C@H]1C. The fourth-order valence-electron chi connectivity index (χ4n) is 2.52. The molecule has 0 aromatic rings. The number of fused-ring (bicyclic) bond motifs is 1. The van der Waals surface area contributed by atoms with Crippen LogP contribution in [0.5, 0.6) is 0 Å². The maximum Gasteiger partial charge on any atom is 0.188 e. The number of hydrogen-bond acceptors (Lipinski definition) is 4. The van der Waals surface area contributed by atoms with Crippen LogP contribution in [-0.4, -0.2) is 35.5 Å². The summed E-state index contributed by atoms with van der Waals surface area (Å²) < 4.78 is 17.3. The summed E-state index contributed by atoms with van der Waals surface area (Å²) in [6.45, 7) is 7.85. The van der Waals surface area contributed by atoms with E-state index in [2.05, 4.69) is 6.92 Å². The molecule has 2 fully saturated rings. The second-order valence-electron chi connectivity index (χ2n) is 4.95. The zero-order valence-electron chi connectivity index (χ0n) is 9.82. The molecule has 88 valence electrons. The molecule has 4 atom stereocenters. The normalized spacial score (nSPS) is 48.2. The van der Waals surface area contributed by atoms with E-state index in [4.69, 9.17) is 14.2 Å². The Morgan fingerprint density at radius 2 is 1.87 bits per heavy atom. The topological polar surface area (TPSA) is 47.9 Å². The van der Waals surface area contributed by atoms with Gasteiger partial charge in [-0.2, -0.15) is 0 Å². The van der Waals surface area contributed by atoms with Crippen LogP contribution in [0.4, 0.5) is 0 Å². The van der Waals surface area contributed by atoms with E-state index in [1.54, 1.807) is 0 Å². The van der Waals surface area contributed by atoms with Crippen LogP contribution in [0.25, 0.3) is 0 Å². The van der Waals surface area contributed by atoms with E-state index in [9.17, 15) is 5.11 Å². The summed E-state index contributed by atoms with van der Waals surface area (Å²) in [6, 6.07) is 0. The molecule has 0 bridgehead atoms. The Hall–Kier alpha value is -0.160. The van der Waals surface area contributed by atoms with E-state index in [0.29, 0.717) is 0 Å². The van der Waals surface area contributed by atoms with Crippen molar-refractivity contribution >= 4 is 0 Å². The average molecular weight is 216 g/mol. The Morgan fingerprint density at radius 1 is 1.20 bits per heavy atom. The number of ether oxygens (including phenoxy) is 3. The summed E-state index contributed by atoms with van der Waals surface area (Å²) in [7, 11) is 0. The maximum atomic E-state index is 9.44. The predicted octanol–water partition coefficient (Wildman–Crippen LogP) is 1.27. The zero-order chi connectivity index (χ0) is 11.3. The second-order valence-corrected chi connectivity index (χ2v) is 4.95. The third-order valence-electron chi connectivity index (χ3n) is 3.63. The summed E-state index contributed by atoms with van der Waals surface area (Å²) in [5.41, 5.74) is -0.494. The Labute approximate surface area is 90.5 Å². The van der Waals surface area contributed by atoms with Crippen molar-refractivity contribution in [2.24, 2.45) is 5.92 Å². The fraction of sp³-hybridized carbons (Fsp3) is 1.00. The van der Waals surface area contributed by atoms with Gasteiger partial charge < -0.3 is 19.3 Å². The third-order valence-corrected chi connectivity index (χ3v) is 3.63. The van der Waals surface area contributed by atoms with Gasteiger partial charge in [0.25, 0.3) is 0 Å². The lowest BCUT2D eigenvalue weighted by atomic mass is 9.86. The first-order valence-electron chi connectivity index (χ1n) is 5.58. The highest BCUT2D eigenvalue weighted by atomic mass is 16.8. The lowest BCUT2D eigenvalue weighted by Crippen LogP contribution is -2.42. The lowest BCUT2D eigenvalue weighted by molar-refractivity contribution is -0.238. The first kappa shape index (κ1) is 11.3. The van der Waals surface area contributed by atoms with Crippen molar-refractivity contribution in [3.8, 4) is 0 Å². The predicted molar refractivity (Wildman–Crippen MR) is 54.2 cm³/mol. The minimum Gasteiger partial charge on any atom is -0.393 e. The highest BCUT2D eigenvalue weighted by molar-refractivity contribution is 4.99. The van der Waals surface area contributed by atoms with Crippen LogP contribution in [0.15, 0.2) is 0 Å². The highest BCUT2D eigenvalue weighted by Crippen LogP contribution is 2.46. The van der Waals surface area contributed by atoms with E-state index in [-0.39, 0.29) is 24.9 Å². The first-order chi connectivity index (χ1) is 6.94. The molecule has 0 aromatic heterocycles. The van der Waals surface area contributed by atoms with Crippen LogP contribution < -0.4 is 0 Å². The third kappa shape index (κ3) is 1.60. The molecule has 0 aliphatic carbocycles. The van der Waals surface area contributed by atoms with Crippen molar-refractivity contribution in [3.05, 3.63) is 0 Å². The summed E-state index contributed by atoms with van der Waals surface area (Å²) in [5.74, 6) is -0.418. The highest BCUT2D eigenvalue weighted by Gasteiger charge is 2.58. The van der Waals surface area contributed by atoms with Gasteiger partial charge in [-0.3, -0.25) is 0 Å². The van der Waals surface area contributed by atoms with Crippen molar-refractivity contribution in [3.63, 3.8) is 0 Å². The molecular formula is C11H20O4. The zero-order valence-corrected chi connectivity index (χ0v) is 9.82. The number of rotatable bonds is 2. The maximum absolute atomic E-state index is 9.44. The standard InChI is InChI=1S/C11H20O4/c1-5-11(6-12)7(2)8-9(15-11)14-10(3,4)13-8/h7-9,12H,5-6H2,1-4H3/t7-,8?,9-,11+/m1/s1. The lowest BCUT2D eigenvalue weighted by Gasteiger charge is -2.32. The minimum absolute atomic E-state index is 0.0187. The Kier molecular flexibility index (Phi) is 2.58. The molecule has 0 radical (unpaired) electrons. The molecule has 15 heavy (non-hydrogen) atoms. The van der Waals surface area contributed by atoms with Crippen LogP contribution in [-0.2, 0) is 14.2 Å². The molecule has 2 rings (SSSR count). The van der Waals surface area contributed by atoms with Crippen LogP contribution in [0.1, 0.15) is 34.1 Å². The van der Waals surface area contributed by atoms with Gasteiger partial charge >= 0.3 is 0 Å². The molecule has 4 nitrogen and oxygen atoms in total. The summed E-state index contributed by atoms with van der Waals surface area (Å²) in [4.78, 5) is 0. The number of aliphatic hydroxyl groups excluding tert-OH is 1. The average Bonchev–Trinajstić information content (AvgIpc) is 2.59. The number of aliphatic hydroxyl groups is 1. The smallest absolute Gasteiger partial charge is 0.188 e. The van der Waals surface area contributed by atoms with Gasteiger partial charge in [0, 0.05) is 5.92 Å². The minimum atomic E-state index is -0.570. The van der Waals surface area contributed by atoms with Crippen LogP contribution in [0, 0.1) is 5.92 Å². The van der Waals surface area contributed by atoms with Gasteiger partial charge in [-0.25, -0.2) is 0 Å². The summed E-state index contributed by atoms with van der Waals surface area (Å²) in [5, 5.41) is 9.44. The molecule has 2 aliphatic rings. The Balaban J connectivity index is 2.17. The van der Waals surface area contributed by atoms with Gasteiger partial charge in [-0.1, -0.05) is 13.8 Å².